The smallest absolute Gasteiger partial charge is 0.236 e. The van der Waals surface area contributed by atoms with E-state index in [0.29, 0.717) is 18.3 Å². The van der Waals surface area contributed by atoms with Gasteiger partial charge in [0.2, 0.25) is 5.91 Å². The van der Waals surface area contributed by atoms with Crippen molar-refractivity contribution in [1.29, 1.82) is 0 Å². The van der Waals surface area contributed by atoms with E-state index in [1.54, 1.807) is 0 Å². The third kappa shape index (κ3) is 2.20. The molecule has 2 rings (SSSR count). The van der Waals surface area contributed by atoms with Gasteiger partial charge in [-0.15, -0.1) is 11.3 Å². The highest BCUT2D eigenvalue weighted by molar-refractivity contribution is 7.15. The number of amides is 1. The fraction of sp³-hybridized carbons (Fsp3) is 0.636. The van der Waals surface area contributed by atoms with E-state index in [1.807, 2.05) is 20.8 Å². The van der Waals surface area contributed by atoms with Crippen LogP contribution in [0.25, 0.3) is 0 Å². The first kappa shape index (κ1) is 12.5. The lowest BCUT2D eigenvalue weighted by Crippen LogP contribution is -2.47. The highest BCUT2D eigenvalue weighted by atomic mass is 32.1. The molecule has 0 aromatic carbocycles. The second kappa shape index (κ2) is 4.36. The van der Waals surface area contributed by atoms with Crippen LogP contribution in [0.15, 0.2) is 0 Å². The van der Waals surface area contributed by atoms with E-state index in [2.05, 4.69) is 10.3 Å². The standard InChI is InChI=1S/C11H17N3O2S/c1-6-7(2)17-10(13-6)14-9(15)11(3)5-16-4-8(11)12/h8H,4-5,12H2,1-3H3,(H,13,14,15). The van der Waals surface area contributed by atoms with Gasteiger partial charge in [-0.1, -0.05) is 0 Å². The fourth-order valence-corrected chi connectivity index (χ4v) is 2.50. The van der Waals surface area contributed by atoms with Crippen molar-refractivity contribution in [3.8, 4) is 0 Å². The van der Waals surface area contributed by atoms with Gasteiger partial charge in [0.15, 0.2) is 5.13 Å². The highest BCUT2D eigenvalue weighted by Gasteiger charge is 2.44. The highest BCUT2D eigenvalue weighted by Crippen LogP contribution is 2.30. The number of aromatic nitrogens is 1. The summed E-state index contributed by atoms with van der Waals surface area (Å²) in [5.41, 5.74) is 6.19. The first-order valence-corrected chi connectivity index (χ1v) is 6.34. The average molecular weight is 255 g/mol. The summed E-state index contributed by atoms with van der Waals surface area (Å²) in [6, 6.07) is -0.260. The molecule has 1 saturated heterocycles. The lowest BCUT2D eigenvalue weighted by Gasteiger charge is -2.24. The maximum absolute atomic E-state index is 12.2. The van der Waals surface area contributed by atoms with Crippen LogP contribution < -0.4 is 11.1 Å². The Labute approximate surface area is 104 Å². The Morgan fingerprint density at radius 1 is 1.65 bits per heavy atom. The van der Waals surface area contributed by atoms with Crippen LogP contribution in [-0.2, 0) is 9.53 Å². The molecule has 0 bridgehead atoms. The van der Waals surface area contributed by atoms with Crippen LogP contribution in [0.4, 0.5) is 5.13 Å². The van der Waals surface area contributed by atoms with Gasteiger partial charge in [0, 0.05) is 10.9 Å². The van der Waals surface area contributed by atoms with Crippen molar-refractivity contribution in [2.45, 2.75) is 26.8 Å². The number of rotatable bonds is 2. The first-order valence-electron chi connectivity index (χ1n) is 5.52. The van der Waals surface area contributed by atoms with Gasteiger partial charge >= 0.3 is 0 Å². The van der Waals surface area contributed by atoms with Gasteiger partial charge in [-0.3, -0.25) is 4.79 Å². The molecule has 6 heteroatoms. The van der Waals surface area contributed by atoms with E-state index in [4.69, 9.17) is 10.5 Å². The molecule has 0 radical (unpaired) electrons. The molecule has 1 amide bonds. The number of carbonyl (C=O) groups is 1. The first-order chi connectivity index (χ1) is 7.93. The Kier molecular flexibility index (Phi) is 3.20. The van der Waals surface area contributed by atoms with E-state index in [-0.39, 0.29) is 11.9 Å². The number of nitrogens with two attached hydrogens (primary N) is 1. The molecular formula is C11H17N3O2S. The van der Waals surface area contributed by atoms with Gasteiger partial charge in [-0.05, 0) is 20.8 Å². The zero-order valence-electron chi connectivity index (χ0n) is 10.2. The van der Waals surface area contributed by atoms with Crippen LogP contribution in [-0.4, -0.2) is 30.1 Å². The minimum atomic E-state index is -0.659. The minimum Gasteiger partial charge on any atom is -0.379 e. The van der Waals surface area contributed by atoms with E-state index in [9.17, 15) is 4.79 Å². The van der Waals surface area contributed by atoms with Crippen LogP contribution in [0, 0.1) is 19.3 Å². The molecule has 0 saturated carbocycles. The Morgan fingerprint density at radius 3 is 2.82 bits per heavy atom. The van der Waals surface area contributed by atoms with Gasteiger partial charge in [-0.25, -0.2) is 4.98 Å². The molecule has 3 N–H and O–H groups in total. The summed E-state index contributed by atoms with van der Waals surface area (Å²) in [5.74, 6) is -0.115. The van der Waals surface area contributed by atoms with Crippen LogP contribution in [0.3, 0.4) is 0 Å². The van der Waals surface area contributed by atoms with Gasteiger partial charge in [0.1, 0.15) is 0 Å². The van der Waals surface area contributed by atoms with E-state index in [0.717, 1.165) is 10.6 Å². The van der Waals surface area contributed by atoms with Crippen LogP contribution >= 0.6 is 11.3 Å². The fourth-order valence-electron chi connectivity index (χ4n) is 1.69. The Bertz CT molecular complexity index is 426. The average Bonchev–Trinajstić information content (AvgIpc) is 2.74. The second-order valence-corrected chi connectivity index (χ2v) is 5.86. The summed E-state index contributed by atoms with van der Waals surface area (Å²) in [5, 5.41) is 3.45. The predicted molar refractivity (Wildman–Crippen MR) is 67.1 cm³/mol. The molecule has 2 unspecified atom stereocenters. The number of nitrogens with zero attached hydrogens (tertiary/aromatic N) is 1. The monoisotopic (exact) mass is 255 g/mol. The molecule has 1 aromatic rings. The van der Waals surface area contributed by atoms with Crippen molar-refractivity contribution in [3.63, 3.8) is 0 Å². The zero-order chi connectivity index (χ0) is 12.6. The second-order valence-electron chi connectivity index (χ2n) is 4.65. The van der Waals surface area contributed by atoms with Crippen molar-refractivity contribution >= 4 is 22.4 Å². The van der Waals surface area contributed by atoms with E-state index >= 15 is 0 Å². The molecular weight excluding hydrogens is 238 g/mol. The van der Waals surface area contributed by atoms with Crippen molar-refractivity contribution in [2.75, 3.05) is 18.5 Å². The van der Waals surface area contributed by atoms with Gasteiger partial charge in [0.25, 0.3) is 0 Å². The Balaban J connectivity index is 2.11. The molecule has 5 nitrogen and oxygen atoms in total. The number of hydrogen-bond acceptors (Lipinski definition) is 5. The number of anilines is 1. The SMILES string of the molecule is Cc1nc(NC(=O)C2(C)COCC2N)sc1C. The number of hydrogen-bond donors (Lipinski definition) is 2. The molecule has 2 heterocycles. The van der Waals surface area contributed by atoms with E-state index in [1.165, 1.54) is 11.3 Å². The molecule has 2 atom stereocenters. The lowest BCUT2D eigenvalue weighted by atomic mass is 9.85. The molecule has 1 aliphatic heterocycles. The summed E-state index contributed by atoms with van der Waals surface area (Å²) < 4.78 is 5.26. The van der Waals surface area contributed by atoms with Crippen LogP contribution in [0.5, 0.6) is 0 Å². The largest absolute Gasteiger partial charge is 0.379 e. The van der Waals surface area contributed by atoms with Crippen molar-refractivity contribution in [1.82, 2.24) is 4.98 Å². The number of ether oxygens (including phenoxy) is 1. The summed E-state index contributed by atoms with van der Waals surface area (Å²) in [6.07, 6.45) is 0. The summed E-state index contributed by atoms with van der Waals surface area (Å²) >= 11 is 1.48. The van der Waals surface area contributed by atoms with Crippen molar-refractivity contribution in [2.24, 2.45) is 11.1 Å². The third-order valence-corrected chi connectivity index (χ3v) is 4.27. The topological polar surface area (TPSA) is 77.2 Å². The number of thiazole rings is 1. The molecule has 0 aliphatic carbocycles. The minimum absolute atomic E-state index is 0.115. The quantitative estimate of drug-likeness (QED) is 0.828. The normalized spacial score (nSPS) is 28.4. The maximum atomic E-state index is 12.2. The Hall–Kier alpha value is -0.980. The molecule has 94 valence electrons. The predicted octanol–water partition coefficient (Wildman–Crippen LogP) is 1.06. The van der Waals surface area contributed by atoms with E-state index < -0.39 is 5.41 Å². The van der Waals surface area contributed by atoms with Crippen LogP contribution in [0.2, 0.25) is 0 Å². The van der Waals surface area contributed by atoms with Gasteiger partial charge in [-0.2, -0.15) is 0 Å². The molecule has 17 heavy (non-hydrogen) atoms. The number of carbonyl (C=O) groups excluding carboxylic acids is 1. The summed E-state index contributed by atoms with van der Waals surface area (Å²) in [7, 11) is 0. The zero-order valence-corrected chi connectivity index (χ0v) is 11.1. The number of nitrogens with one attached hydrogen (secondary N) is 1. The molecule has 1 fully saturated rings. The molecule has 1 aliphatic rings. The number of aryl methyl sites for hydroxylation is 2. The Morgan fingerprint density at radius 2 is 2.35 bits per heavy atom. The molecule has 0 spiro atoms. The third-order valence-electron chi connectivity index (χ3n) is 3.29. The van der Waals surface area contributed by atoms with Crippen LogP contribution in [0.1, 0.15) is 17.5 Å². The summed E-state index contributed by atoms with van der Waals surface area (Å²) in [6.45, 7) is 6.53. The van der Waals surface area contributed by atoms with Gasteiger partial charge < -0.3 is 15.8 Å². The van der Waals surface area contributed by atoms with Crippen molar-refractivity contribution in [3.05, 3.63) is 10.6 Å². The summed E-state index contributed by atoms with van der Waals surface area (Å²) in [4.78, 5) is 17.6. The lowest BCUT2D eigenvalue weighted by molar-refractivity contribution is -0.125. The maximum Gasteiger partial charge on any atom is 0.236 e. The molecule has 1 aromatic heterocycles. The van der Waals surface area contributed by atoms with Crippen molar-refractivity contribution < 1.29 is 9.53 Å². The van der Waals surface area contributed by atoms with Gasteiger partial charge in [0.05, 0.1) is 24.3 Å².